The number of hydrogen-bond donors (Lipinski definition) is 1. The highest BCUT2D eigenvalue weighted by Gasteiger charge is 2.23. The Morgan fingerprint density at radius 1 is 1.29 bits per heavy atom. The largest absolute Gasteiger partial charge is 0.365 e. The molecule has 1 aromatic rings. The third kappa shape index (κ3) is 4.58. The van der Waals surface area contributed by atoms with Gasteiger partial charge in [-0.05, 0) is 38.5 Å². The first-order valence-electron chi connectivity index (χ1n) is 7.36. The summed E-state index contributed by atoms with van der Waals surface area (Å²) in [4.78, 5) is 1.83. The van der Waals surface area contributed by atoms with Gasteiger partial charge in [0.25, 0.3) is 0 Å². The van der Waals surface area contributed by atoms with Crippen LogP contribution in [0.15, 0.2) is 12.1 Å². The van der Waals surface area contributed by atoms with E-state index in [0.717, 1.165) is 5.75 Å². The number of anilines is 1. The van der Waals surface area contributed by atoms with Gasteiger partial charge in [-0.2, -0.15) is 11.8 Å². The van der Waals surface area contributed by atoms with Gasteiger partial charge in [0.2, 0.25) is 0 Å². The first-order valence-corrected chi connectivity index (χ1v) is 8.40. The zero-order valence-electron chi connectivity index (χ0n) is 13.2. The zero-order valence-corrected chi connectivity index (χ0v) is 14.0. The monoisotopic (exact) mass is 314 g/mol. The lowest BCUT2D eigenvalue weighted by atomic mass is 10.1. The highest BCUT2D eigenvalue weighted by atomic mass is 32.2. The van der Waals surface area contributed by atoms with Crippen molar-refractivity contribution in [2.75, 3.05) is 23.7 Å². The Labute approximate surface area is 130 Å². The van der Waals surface area contributed by atoms with Crippen LogP contribution in [0, 0.1) is 11.6 Å². The van der Waals surface area contributed by atoms with E-state index in [1.807, 2.05) is 37.4 Å². The molecule has 1 aromatic carbocycles. The predicted octanol–water partition coefficient (Wildman–Crippen LogP) is 3.79. The second-order valence-corrected chi connectivity index (χ2v) is 8.19. The van der Waals surface area contributed by atoms with Gasteiger partial charge in [0.15, 0.2) is 0 Å². The number of halogens is 2. The van der Waals surface area contributed by atoms with E-state index in [1.54, 1.807) is 0 Å². The average Bonchev–Trinajstić information content (AvgIpc) is 2.35. The Balaban J connectivity index is 2.17. The molecule has 1 saturated heterocycles. The van der Waals surface area contributed by atoms with Gasteiger partial charge in [0.05, 0.1) is 0 Å². The first-order chi connectivity index (χ1) is 9.76. The maximum Gasteiger partial charge on any atom is 0.149 e. The fraction of sp³-hybridized carbons (Fsp3) is 0.625. The zero-order chi connectivity index (χ0) is 15.6. The van der Waals surface area contributed by atoms with Crippen LogP contribution in [0.4, 0.5) is 14.5 Å². The molecule has 0 saturated carbocycles. The Morgan fingerprint density at radius 2 is 1.90 bits per heavy atom. The molecule has 1 aliphatic rings. The summed E-state index contributed by atoms with van der Waals surface area (Å²) < 4.78 is 28.7. The van der Waals surface area contributed by atoms with Gasteiger partial charge in [-0.3, -0.25) is 0 Å². The summed E-state index contributed by atoms with van der Waals surface area (Å²) in [5, 5.41) is 3.65. The van der Waals surface area contributed by atoms with Crippen molar-refractivity contribution in [2.24, 2.45) is 0 Å². The predicted molar refractivity (Wildman–Crippen MR) is 87.1 cm³/mol. The highest BCUT2D eigenvalue weighted by molar-refractivity contribution is 8.00. The van der Waals surface area contributed by atoms with E-state index in [4.69, 9.17) is 0 Å². The molecule has 0 radical (unpaired) electrons. The van der Waals surface area contributed by atoms with Crippen LogP contribution in [0.2, 0.25) is 0 Å². The number of benzene rings is 1. The van der Waals surface area contributed by atoms with Gasteiger partial charge in [-0.25, -0.2) is 8.78 Å². The number of rotatable bonds is 3. The standard InChI is InChI=1S/C16H24F2N2S/c1-11-10-20(5-6-21-11)15-13(17)7-12(8-14(15)18)9-19-16(2,3)4/h7-8,11,19H,5-6,9-10H2,1-4H3. The SMILES string of the molecule is CC1CN(c2c(F)cc(CNC(C)(C)C)cc2F)CCS1. The highest BCUT2D eigenvalue weighted by Crippen LogP contribution is 2.29. The quantitative estimate of drug-likeness (QED) is 0.914. The molecule has 2 nitrogen and oxygen atoms in total. The van der Waals surface area contributed by atoms with Crippen LogP contribution in [0.5, 0.6) is 0 Å². The van der Waals surface area contributed by atoms with Crippen molar-refractivity contribution in [3.8, 4) is 0 Å². The number of thioether (sulfide) groups is 1. The van der Waals surface area contributed by atoms with Crippen LogP contribution in [0.25, 0.3) is 0 Å². The minimum Gasteiger partial charge on any atom is -0.365 e. The molecule has 1 N–H and O–H groups in total. The van der Waals surface area contributed by atoms with Gasteiger partial charge >= 0.3 is 0 Å². The van der Waals surface area contributed by atoms with Crippen molar-refractivity contribution < 1.29 is 8.78 Å². The van der Waals surface area contributed by atoms with Gasteiger partial charge in [-0.15, -0.1) is 0 Å². The molecular formula is C16H24F2N2S. The van der Waals surface area contributed by atoms with Crippen LogP contribution in [0.3, 0.4) is 0 Å². The Kier molecular flexibility index (Phi) is 5.15. The third-order valence-corrected chi connectivity index (χ3v) is 4.59. The van der Waals surface area contributed by atoms with Crippen LogP contribution < -0.4 is 10.2 Å². The third-order valence-electron chi connectivity index (χ3n) is 3.46. The van der Waals surface area contributed by atoms with E-state index in [0.29, 0.717) is 30.4 Å². The molecule has 0 bridgehead atoms. The Morgan fingerprint density at radius 3 is 2.43 bits per heavy atom. The van der Waals surface area contributed by atoms with E-state index >= 15 is 0 Å². The van der Waals surface area contributed by atoms with Gasteiger partial charge in [0.1, 0.15) is 17.3 Å². The summed E-state index contributed by atoms with van der Waals surface area (Å²) in [6, 6.07) is 2.90. The molecule has 21 heavy (non-hydrogen) atoms. The summed E-state index contributed by atoms with van der Waals surface area (Å²) in [6.45, 7) is 10.0. The summed E-state index contributed by atoms with van der Waals surface area (Å²) in [6.07, 6.45) is 0. The second kappa shape index (κ2) is 6.53. The molecule has 0 spiro atoms. The van der Waals surface area contributed by atoms with Gasteiger partial charge in [0, 0.05) is 36.2 Å². The Bertz CT molecular complexity index is 477. The molecule has 0 amide bonds. The molecule has 2 rings (SSSR count). The van der Waals surface area contributed by atoms with Crippen LogP contribution in [0.1, 0.15) is 33.3 Å². The van der Waals surface area contributed by atoms with Gasteiger partial charge < -0.3 is 10.2 Å². The van der Waals surface area contributed by atoms with E-state index in [2.05, 4.69) is 12.2 Å². The van der Waals surface area contributed by atoms with E-state index < -0.39 is 11.6 Å². The fourth-order valence-electron chi connectivity index (χ4n) is 2.41. The fourth-order valence-corrected chi connectivity index (χ4v) is 3.42. The molecule has 0 aromatic heterocycles. The average molecular weight is 314 g/mol. The van der Waals surface area contributed by atoms with Crippen molar-refractivity contribution in [1.82, 2.24) is 5.32 Å². The Hall–Kier alpha value is -0.810. The summed E-state index contributed by atoms with van der Waals surface area (Å²) >= 11 is 1.85. The van der Waals surface area contributed by atoms with E-state index in [1.165, 1.54) is 12.1 Å². The lowest BCUT2D eigenvalue weighted by Gasteiger charge is -2.33. The topological polar surface area (TPSA) is 15.3 Å². The minimum atomic E-state index is -0.459. The summed E-state index contributed by atoms with van der Waals surface area (Å²) in [5.74, 6) is -0.00692. The molecule has 1 fully saturated rings. The molecule has 1 atom stereocenters. The van der Waals surface area contributed by atoms with Crippen molar-refractivity contribution in [3.05, 3.63) is 29.3 Å². The molecule has 1 unspecified atom stereocenters. The number of hydrogen-bond acceptors (Lipinski definition) is 3. The lowest BCUT2D eigenvalue weighted by Crippen LogP contribution is -2.38. The van der Waals surface area contributed by atoms with E-state index in [9.17, 15) is 8.78 Å². The maximum atomic E-state index is 14.3. The van der Waals surface area contributed by atoms with Crippen LogP contribution in [-0.2, 0) is 6.54 Å². The van der Waals surface area contributed by atoms with Crippen LogP contribution in [-0.4, -0.2) is 29.6 Å². The van der Waals surface area contributed by atoms with Crippen molar-refractivity contribution in [2.45, 2.75) is 45.0 Å². The molecule has 118 valence electrons. The molecular weight excluding hydrogens is 290 g/mol. The number of nitrogens with one attached hydrogen (secondary N) is 1. The van der Waals surface area contributed by atoms with E-state index in [-0.39, 0.29) is 11.2 Å². The normalized spacial score (nSPS) is 19.9. The molecule has 1 aliphatic heterocycles. The maximum absolute atomic E-state index is 14.3. The van der Waals surface area contributed by atoms with Crippen molar-refractivity contribution >= 4 is 17.4 Å². The number of nitrogens with zero attached hydrogens (tertiary/aromatic N) is 1. The van der Waals surface area contributed by atoms with Crippen LogP contribution >= 0.6 is 11.8 Å². The first kappa shape index (κ1) is 16.6. The summed E-state index contributed by atoms with van der Waals surface area (Å²) in [5.41, 5.74) is 0.690. The minimum absolute atomic E-state index is 0.0782. The smallest absolute Gasteiger partial charge is 0.149 e. The van der Waals surface area contributed by atoms with Crippen molar-refractivity contribution in [3.63, 3.8) is 0 Å². The van der Waals surface area contributed by atoms with Gasteiger partial charge in [-0.1, -0.05) is 6.92 Å². The molecule has 1 heterocycles. The summed E-state index contributed by atoms with van der Waals surface area (Å²) in [7, 11) is 0. The molecule has 5 heteroatoms. The van der Waals surface area contributed by atoms with Crippen molar-refractivity contribution in [1.29, 1.82) is 0 Å². The lowest BCUT2D eigenvalue weighted by molar-refractivity contribution is 0.422. The molecule has 0 aliphatic carbocycles. The second-order valence-electron chi connectivity index (χ2n) is 6.64.